The summed E-state index contributed by atoms with van der Waals surface area (Å²) >= 11 is 5.61. The Kier molecular flexibility index (Phi) is 8.43. The molecule has 3 rings (SSSR count). The summed E-state index contributed by atoms with van der Waals surface area (Å²) in [5.41, 5.74) is 2.73. The van der Waals surface area contributed by atoms with Gasteiger partial charge in [-0.3, -0.25) is 14.5 Å². The van der Waals surface area contributed by atoms with E-state index in [9.17, 15) is 9.59 Å². The number of benzene rings is 2. The minimum absolute atomic E-state index is 0.185. The first kappa shape index (κ1) is 25.0. The van der Waals surface area contributed by atoms with Gasteiger partial charge in [-0.15, -0.1) is 0 Å². The molecule has 1 fully saturated rings. The van der Waals surface area contributed by atoms with E-state index < -0.39 is 5.97 Å². The molecule has 0 N–H and O–H groups in total. The molecule has 0 aromatic heterocycles. The number of methoxy groups -OCH3 is 1. The Morgan fingerprint density at radius 1 is 1.09 bits per heavy atom. The van der Waals surface area contributed by atoms with Crippen molar-refractivity contribution in [3.05, 3.63) is 71.9 Å². The van der Waals surface area contributed by atoms with Gasteiger partial charge in [-0.2, -0.15) is 0 Å². The monoisotopic (exact) mass is 480 g/mol. The lowest BCUT2D eigenvalue weighted by Crippen LogP contribution is -2.35. The topological polar surface area (TPSA) is 68.3 Å². The zero-order chi connectivity index (χ0) is 24.7. The predicted octanol–water partition coefficient (Wildman–Crippen LogP) is 4.36. The van der Waals surface area contributed by atoms with E-state index in [4.69, 9.17) is 26.4 Å². The van der Waals surface area contributed by atoms with Gasteiger partial charge in [0.15, 0.2) is 16.6 Å². The Hall–Kier alpha value is -3.65. The summed E-state index contributed by atoms with van der Waals surface area (Å²) < 4.78 is 16.2. The number of rotatable bonds is 10. The lowest BCUT2D eigenvalue weighted by atomic mass is 10.1. The molecule has 1 aliphatic rings. The zero-order valence-electron chi connectivity index (χ0n) is 19.6. The maximum Gasteiger partial charge on any atom is 0.325 e. The Bertz CT molecular complexity index is 1110. The highest BCUT2D eigenvalue weighted by molar-refractivity contribution is 7.80. The molecule has 1 saturated heterocycles. The Balaban J connectivity index is 2.02. The maximum absolute atomic E-state index is 13.5. The van der Waals surface area contributed by atoms with Gasteiger partial charge in [0, 0.05) is 0 Å². The summed E-state index contributed by atoms with van der Waals surface area (Å²) in [7, 11) is 1.30. The number of esters is 1. The number of aryl methyl sites for hydroxylation is 1. The van der Waals surface area contributed by atoms with Crippen molar-refractivity contribution in [3.63, 3.8) is 0 Å². The molecule has 34 heavy (non-hydrogen) atoms. The lowest BCUT2D eigenvalue weighted by Gasteiger charge is -2.19. The smallest absolute Gasteiger partial charge is 0.325 e. The van der Waals surface area contributed by atoms with Crippen molar-refractivity contribution in [1.29, 1.82) is 0 Å². The van der Waals surface area contributed by atoms with Crippen molar-refractivity contribution in [3.8, 4) is 11.5 Å². The minimum atomic E-state index is -0.507. The molecule has 1 heterocycles. The molecule has 178 valence electrons. The minimum Gasteiger partial charge on any atom is -0.490 e. The fraction of sp³-hybridized carbons (Fsp3) is 0.269. The first-order valence-electron chi connectivity index (χ1n) is 11.0. The van der Waals surface area contributed by atoms with Crippen LogP contribution in [0.15, 0.2) is 60.8 Å². The summed E-state index contributed by atoms with van der Waals surface area (Å²) in [6.45, 7) is 8.20. The molecule has 7 nitrogen and oxygen atoms in total. The standard InChI is InChI=1S/C26H28N2O5S/c1-5-14-33-22-13-10-19(16-23(22)32-7-3)15-21-25(30)28(20-11-8-18(6-2)9-12-20)26(34)27(21)17-24(29)31-4/h5,8-13,15-16H,1,6-7,14,17H2,2-4H3/b21-15-. The van der Waals surface area contributed by atoms with E-state index >= 15 is 0 Å². The van der Waals surface area contributed by atoms with Crippen molar-refractivity contribution in [1.82, 2.24) is 4.90 Å². The number of amides is 1. The molecular formula is C26H28N2O5S. The van der Waals surface area contributed by atoms with E-state index in [1.807, 2.05) is 31.2 Å². The van der Waals surface area contributed by atoms with E-state index in [-0.39, 0.29) is 23.3 Å². The molecule has 0 spiro atoms. The second kappa shape index (κ2) is 11.5. The van der Waals surface area contributed by atoms with Crippen molar-refractivity contribution in [2.45, 2.75) is 20.3 Å². The second-order valence-electron chi connectivity index (χ2n) is 7.37. The van der Waals surface area contributed by atoms with Crippen LogP contribution in [0, 0.1) is 0 Å². The number of nitrogens with zero attached hydrogens (tertiary/aromatic N) is 2. The van der Waals surface area contributed by atoms with E-state index in [1.165, 1.54) is 16.9 Å². The molecule has 2 aromatic carbocycles. The van der Waals surface area contributed by atoms with Crippen molar-refractivity contribution >= 4 is 41.0 Å². The number of ether oxygens (including phenoxy) is 3. The molecule has 0 bridgehead atoms. The van der Waals surface area contributed by atoms with Crippen LogP contribution in [0.1, 0.15) is 25.0 Å². The van der Waals surface area contributed by atoms with Gasteiger partial charge in [-0.05, 0) is 67.0 Å². The molecule has 1 aliphatic heterocycles. The summed E-state index contributed by atoms with van der Waals surface area (Å²) in [5.74, 6) is 0.273. The highest BCUT2D eigenvalue weighted by atomic mass is 32.1. The van der Waals surface area contributed by atoms with Gasteiger partial charge in [0.2, 0.25) is 0 Å². The van der Waals surface area contributed by atoms with Crippen LogP contribution in [0.4, 0.5) is 5.69 Å². The van der Waals surface area contributed by atoms with Crippen LogP contribution >= 0.6 is 12.2 Å². The summed E-state index contributed by atoms with van der Waals surface area (Å²) in [6, 6.07) is 13.0. The number of anilines is 1. The fourth-order valence-corrected chi connectivity index (χ4v) is 3.79. The second-order valence-corrected chi connectivity index (χ2v) is 7.74. The molecule has 1 amide bonds. The molecule has 0 radical (unpaired) electrons. The van der Waals surface area contributed by atoms with E-state index in [2.05, 4.69) is 13.5 Å². The van der Waals surface area contributed by atoms with Crippen molar-refractivity contribution in [2.24, 2.45) is 0 Å². The number of carbonyl (C=O) groups is 2. The van der Waals surface area contributed by atoms with E-state index in [0.29, 0.717) is 36.0 Å². The fourth-order valence-electron chi connectivity index (χ4n) is 3.44. The number of carbonyl (C=O) groups excluding carboxylic acids is 2. The van der Waals surface area contributed by atoms with Gasteiger partial charge in [0.1, 0.15) is 18.8 Å². The van der Waals surface area contributed by atoms with Crippen LogP contribution in [-0.2, 0) is 20.7 Å². The Morgan fingerprint density at radius 2 is 1.82 bits per heavy atom. The van der Waals surface area contributed by atoms with Crippen LogP contribution in [0.25, 0.3) is 6.08 Å². The third kappa shape index (κ3) is 5.46. The predicted molar refractivity (Wildman–Crippen MR) is 136 cm³/mol. The van der Waals surface area contributed by atoms with E-state index in [0.717, 1.165) is 12.0 Å². The molecule has 8 heteroatoms. The van der Waals surface area contributed by atoms with Gasteiger partial charge < -0.3 is 19.1 Å². The Morgan fingerprint density at radius 3 is 2.44 bits per heavy atom. The summed E-state index contributed by atoms with van der Waals surface area (Å²) in [6.07, 6.45) is 4.21. The number of hydrogen-bond acceptors (Lipinski definition) is 6. The SMILES string of the molecule is C=CCOc1ccc(/C=C2/C(=O)N(c3ccc(CC)cc3)C(=S)N2CC(=O)OC)cc1OCC. The van der Waals surface area contributed by atoms with Crippen LogP contribution in [-0.4, -0.2) is 48.8 Å². The first-order chi connectivity index (χ1) is 16.4. The quantitative estimate of drug-likeness (QED) is 0.217. The summed E-state index contributed by atoms with van der Waals surface area (Å²) in [5, 5.41) is 0.210. The van der Waals surface area contributed by atoms with Crippen LogP contribution < -0.4 is 14.4 Å². The molecule has 0 atom stereocenters. The first-order valence-corrected chi connectivity index (χ1v) is 11.4. The summed E-state index contributed by atoms with van der Waals surface area (Å²) in [4.78, 5) is 28.5. The van der Waals surface area contributed by atoms with Crippen molar-refractivity contribution < 1.29 is 23.8 Å². The van der Waals surface area contributed by atoms with E-state index in [1.54, 1.807) is 30.4 Å². The number of thiocarbonyl (C=S) groups is 1. The van der Waals surface area contributed by atoms with Gasteiger partial charge in [0.25, 0.3) is 5.91 Å². The highest BCUT2D eigenvalue weighted by Crippen LogP contribution is 2.32. The lowest BCUT2D eigenvalue weighted by molar-refractivity contribution is -0.140. The highest BCUT2D eigenvalue weighted by Gasteiger charge is 2.40. The normalized spacial score (nSPS) is 14.5. The third-order valence-electron chi connectivity index (χ3n) is 5.18. The van der Waals surface area contributed by atoms with Gasteiger partial charge in [-0.1, -0.05) is 37.8 Å². The average Bonchev–Trinajstić information content (AvgIpc) is 3.07. The molecular weight excluding hydrogens is 452 g/mol. The van der Waals surface area contributed by atoms with Crippen LogP contribution in [0.3, 0.4) is 0 Å². The Labute approximate surface area is 205 Å². The zero-order valence-corrected chi connectivity index (χ0v) is 20.4. The number of hydrogen-bond donors (Lipinski definition) is 0. The van der Waals surface area contributed by atoms with Crippen LogP contribution in [0.2, 0.25) is 0 Å². The molecule has 2 aromatic rings. The van der Waals surface area contributed by atoms with Gasteiger partial charge in [-0.25, -0.2) is 0 Å². The van der Waals surface area contributed by atoms with Crippen LogP contribution in [0.5, 0.6) is 11.5 Å². The third-order valence-corrected chi connectivity index (χ3v) is 5.58. The largest absolute Gasteiger partial charge is 0.490 e. The molecule has 0 aliphatic carbocycles. The average molecular weight is 481 g/mol. The van der Waals surface area contributed by atoms with Crippen molar-refractivity contribution in [2.75, 3.05) is 31.8 Å². The molecule has 0 unspecified atom stereocenters. The van der Waals surface area contributed by atoms with Gasteiger partial charge >= 0.3 is 5.97 Å². The van der Waals surface area contributed by atoms with Gasteiger partial charge in [0.05, 0.1) is 19.4 Å². The maximum atomic E-state index is 13.5. The molecule has 0 saturated carbocycles.